The molecule has 14 heavy (non-hydrogen) atoms. The van der Waals surface area contributed by atoms with Gasteiger partial charge >= 0.3 is 86.1 Å². The van der Waals surface area contributed by atoms with E-state index in [1.165, 1.54) is 18.3 Å². The first-order valence-electron chi connectivity index (χ1n) is 3.75. The first kappa shape index (κ1) is 10.7. The van der Waals surface area contributed by atoms with E-state index >= 15 is 0 Å². The number of pyridine rings is 1. The molecule has 1 heterocycles. The molecule has 1 rings (SSSR count). The Hall–Kier alpha value is -1.35. The average Bonchev–Trinajstić information content (AvgIpc) is 2.15. The summed E-state index contributed by atoms with van der Waals surface area (Å²) in [5.74, 6) is -1.96. The number of carboxylic acid groups (broad SMARTS) is 2. The number of carbonyl (C=O) groups is 2. The molecule has 1 unspecified atom stereocenters. The third-order valence-corrected chi connectivity index (χ3v) is 3.99. The summed E-state index contributed by atoms with van der Waals surface area (Å²) in [6.07, 6.45) is 1.48. The van der Waals surface area contributed by atoms with E-state index in [4.69, 9.17) is 10.2 Å². The van der Waals surface area contributed by atoms with Crippen LogP contribution in [0.1, 0.15) is 10.4 Å². The zero-order valence-corrected chi connectivity index (χ0v) is 9.20. The van der Waals surface area contributed by atoms with E-state index in [1.54, 1.807) is 0 Å². The van der Waals surface area contributed by atoms with Crippen LogP contribution in [-0.2, 0) is 4.79 Å². The Morgan fingerprint density at radius 2 is 2.14 bits per heavy atom. The summed E-state index contributed by atoms with van der Waals surface area (Å²) in [6.45, 7) is 0. The molecule has 0 saturated heterocycles. The molecule has 0 spiro atoms. The zero-order valence-electron chi connectivity index (χ0n) is 7.10. The third kappa shape index (κ3) is 2.85. The van der Waals surface area contributed by atoms with Gasteiger partial charge in [0.25, 0.3) is 0 Å². The minimum atomic E-state index is -1.05. The van der Waals surface area contributed by atoms with Crippen LogP contribution in [0.15, 0.2) is 18.3 Å². The number of aromatic carboxylic acids is 1. The van der Waals surface area contributed by atoms with Crippen molar-refractivity contribution in [3.8, 4) is 0 Å². The Bertz CT molecular complexity index is 366. The monoisotopic (exact) mass is 257 g/mol. The predicted octanol–water partition coefficient (Wildman–Crippen LogP) is -0.656. The van der Waals surface area contributed by atoms with Crippen molar-refractivity contribution in [1.82, 2.24) is 4.98 Å². The van der Waals surface area contributed by atoms with Crippen LogP contribution in [0.25, 0.3) is 0 Å². The van der Waals surface area contributed by atoms with Gasteiger partial charge < -0.3 is 0 Å². The molecule has 0 aliphatic carbocycles. The van der Waals surface area contributed by atoms with E-state index in [0.29, 0.717) is 4.48 Å². The van der Waals surface area contributed by atoms with Crippen molar-refractivity contribution in [2.24, 2.45) is 0 Å². The summed E-state index contributed by atoms with van der Waals surface area (Å²) in [5, 5.41) is 17.2. The molecule has 0 amide bonds. The first-order chi connectivity index (χ1) is 6.61. The second-order valence-electron chi connectivity index (χ2n) is 2.45. The average molecular weight is 257 g/mol. The summed E-state index contributed by atoms with van der Waals surface area (Å²) < 4.78 is 0.433. The van der Waals surface area contributed by atoms with Crippen LogP contribution in [0.2, 0.25) is 5.21 Å². The number of carboxylic acids is 2. The second kappa shape index (κ2) is 4.77. The SMILES string of the molecule is O=C(O)C[AsH]c1ncccc1C(=O)O. The van der Waals surface area contributed by atoms with Crippen molar-refractivity contribution in [3.05, 3.63) is 23.9 Å². The number of hydrogen-bond acceptors (Lipinski definition) is 3. The van der Waals surface area contributed by atoms with Crippen LogP contribution in [0.4, 0.5) is 0 Å². The van der Waals surface area contributed by atoms with Crippen molar-refractivity contribution in [2.45, 2.75) is 5.21 Å². The number of rotatable bonds is 4. The summed E-state index contributed by atoms with van der Waals surface area (Å²) in [4.78, 5) is 24.9. The molecule has 0 aromatic carbocycles. The third-order valence-electron chi connectivity index (χ3n) is 1.45. The van der Waals surface area contributed by atoms with Crippen LogP contribution < -0.4 is 4.48 Å². The van der Waals surface area contributed by atoms with Gasteiger partial charge in [0.05, 0.1) is 0 Å². The Kier molecular flexibility index (Phi) is 3.65. The number of hydrogen-bond donors (Lipinski definition) is 2. The Labute approximate surface area is 86.5 Å². The molecule has 5 nitrogen and oxygen atoms in total. The van der Waals surface area contributed by atoms with Crippen LogP contribution in [0, 0.1) is 0 Å². The normalized spacial score (nSPS) is 10.6. The van der Waals surface area contributed by atoms with Gasteiger partial charge in [0.1, 0.15) is 0 Å². The van der Waals surface area contributed by atoms with Gasteiger partial charge in [-0.15, -0.1) is 0 Å². The fraction of sp³-hybridized carbons (Fsp3) is 0.125. The molecule has 0 fully saturated rings. The van der Waals surface area contributed by atoms with Crippen LogP contribution in [0.3, 0.4) is 0 Å². The van der Waals surface area contributed by atoms with Crippen molar-refractivity contribution in [1.29, 1.82) is 0 Å². The van der Waals surface area contributed by atoms with Crippen molar-refractivity contribution >= 4 is 32.2 Å². The van der Waals surface area contributed by atoms with E-state index in [2.05, 4.69) is 4.98 Å². The van der Waals surface area contributed by atoms with E-state index < -0.39 is 27.7 Å². The number of nitrogens with zero attached hydrogens (tertiary/aromatic N) is 1. The second-order valence-corrected chi connectivity index (χ2v) is 4.93. The number of aliphatic carboxylic acids is 1. The molecule has 6 heteroatoms. The fourth-order valence-electron chi connectivity index (χ4n) is 0.878. The Morgan fingerprint density at radius 3 is 2.71 bits per heavy atom. The maximum atomic E-state index is 10.7. The van der Waals surface area contributed by atoms with E-state index in [9.17, 15) is 9.59 Å². The molecular formula is C8H8AsNO4. The Morgan fingerprint density at radius 1 is 1.43 bits per heavy atom. The summed E-state index contributed by atoms with van der Waals surface area (Å²) >= 11 is -0.996. The molecule has 2 N–H and O–H groups in total. The summed E-state index contributed by atoms with van der Waals surface area (Å²) in [7, 11) is 0. The van der Waals surface area contributed by atoms with Crippen molar-refractivity contribution in [3.63, 3.8) is 0 Å². The first-order valence-corrected chi connectivity index (χ1v) is 6.28. The zero-order chi connectivity index (χ0) is 10.6. The van der Waals surface area contributed by atoms with Crippen molar-refractivity contribution in [2.75, 3.05) is 0 Å². The predicted molar refractivity (Wildman–Crippen MR) is 50.4 cm³/mol. The minimum absolute atomic E-state index is 0.0112. The van der Waals surface area contributed by atoms with Gasteiger partial charge in [-0.1, -0.05) is 0 Å². The quantitative estimate of drug-likeness (QED) is 0.699. The van der Waals surface area contributed by atoms with Gasteiger partial charge in [0, 0.05) is 0 Å². The molecule has 1 aromatic heterocycles. The Balaban J connectivity index is 2.84. The van der Waals surface area contributed by atoms with E-state index in [0.717, 1.165) is 0 Å². The molecule has 0 aliphatic rings. The topological polar surface area (TPSA) is 87.5 Å². The van der Waals surface area contributed by atoms with E-state index in [-0.39, 0.29) is 10.8 Å². The van der Waals surface area contributed by atoms with Crippen LogP contribution >= 0.6 is 0 Å². The van der Waals surface area contributed by atoms with Gasteiger partial charge in [-0.25, -0.2) is 0 Å². The summed E-state index contributed by atoms with van der Waals surface area (Å²) in [6, 6.07) is 2.97. The molecule has 1 atom stereocenters. The molecule has 74 valence electrons. The van der Waals surface area contributed by atoms with Gasteiger partial charge in [-0.05, 0) is 0 Å². The van der Waals surface area contributed by atoms with E-state index in [1.807, 2.05) is 0 Å². The van der Waals surface area contributed by atoms with Gasteiger partial charge in [0.15, 0.2) is 0 Å². The molecule has 1 aromatic rings. The molecule has 0 saturated carbocycles. The van der Waals surface area contributed by atoms with Gasteiger partial charge in [0.2, 0.25) is 0 Å². The van der Waals surface area contributed by atoms with Crippen molar-refractivity contribution < 1.29 is 19.8 Å². The van der Waals surface area contributed by atoms with Crippen LogP contribution in [-0.4, -0.2) is 42.9 Å². The maximum absolute atomic E-state index is 10.7. The van der Waals surface area contributed by atoms with Gasteiger partial charge in [-0.2, -0.15) is 0 Å². The molecule has 0 aliphatic heterocycles. The molecule has 0 radical (unpaired) electrons. The molecule has 0 bridgehead atoms. The molecular weight excluding hydrogens is 249 g/mol. The standard InChI is InChI=1S/C8H8AsNO4/c11-6(12)4-9-7-5(8(13)14)2-1-3-10-7/h1-3,9H,4H2,(H,11,12)(H,13,14). The van der Waals surface area contributed by atoms with Gasteiger partial charge in [-0.3, -0.25) is 0 Å². The number of aromatic nitrogens is 1. The fourth-order valence-corrected chi connectivity index (χ4v) is 2.69. The van der Waals surface area contributed by atoms with Crippen LogP contribution in [0.5, 0.6) is 0 Å². The summed E-state index contributed by atoms with van der Waals surface area (Å²) in [5.41, 5.74) is 0.119.